The van der Waals surface area contributed by atoms with Crippen molar-refractivity contribution in [1.29, 1.82) is 0 Å². The van der Waals surface area contributed by atoms with Crippen LogP contribution in [0.25, 0.3) is 0 Å². The highest BCUT2D eigenvalue weighted by Crippen LogP contribution is 2.45. The van der Waals surface area contributed by atoms with E-state index in [0.29, 0.717) is 31.6 Å². The zero-order valence-electron chi connectivity index (χ0n) is 64.4. The van der Waals surface area contributed by atoms with Crippen LogP contribution in [0.2, 0.25) is 0 Å². The Balaban J connectivity index is 5.24. The van der Waals surface area contributed by atoms with E-state index in [1.165, 1.54) is 199 Å². The first-order chi connectivity index (χ1) is 47.1. The Morgan fingerprint density at radius 1 is 0.255 bits per heavy atom. The van der Waals surface area contributed by atoms with Gasteiger partial charge in [-0.3, -0.25) is 37.3 Å². The van der Waals surface area contributed by atoms with Crippen molar-refractivity contribution in [2.75, 3.05) is 39.6 Å². The summed E-state index contributed by atoms with van der Waals surface area (Å²) in [5.74, 6) is 0.940. The van der Waals surface area contributed by atoms with E-state index in [4.69, 9.17) is 37.0 Å². The van der Waals surface area contributed by atoms with Gasteiger partial charge in [0.1, 0.15) is 19.3 Å². The smallest absolute Gasteiger partial charge is 0.462 e. The van der Waals surface area contributed by atoms with E-state index in [9.17, 15) is 43.2 Å². The Morgan fingerprint density at radius 2 is 0.429 bits per heavy atom. The van der Waals surface area contributed by atoms with Crippen LogP contribution < -0.4 is 0 Å². The van der Waals surface area contributed by atoms with Crippen molar-refractivity contribution in [1.82, 2.24) is 0 Å². The lowest BCUT2D eigenvalue weighted by Crippen LogP contribution is -2.30. The molecule has 0 rings (SSSR count). The molecule has 0 heterocycles. The minimum Gasteiger partial charge on any atom is -0.462 e. The maximum absolute atomic E-state index is 13.1. The van der Waals surface area contributed by atoms with Gasteiger partial charge in [-0.25, -0.2) is 9.13 Å². The van der Waals surface area contributed by atoms with Crippen LogP contribution in [0.15, 0.2) is 0 Å². The summed E-state index contributed by atoms with van der Waals surface area (Å²) in [6.45, 7) is 14.2. The summed E-state index contributed by atoms with van der Waals surface area (Å²) in [6.07, 6.45) is 54.2. The topological polar surface area (TPSA) is 237 Å². The summed E-state index contributed by atoms with van der Waals surface area (Å²) in [7, 11) is -9.92. The van der Waals surface area contributed by atoms with Crippen molar-refractivity contribution in [3.05, 3.63) is 0 Å². The number of phosphoric ester groups is 2. The van der Waals surface area contributed by atoms with Crippen LogP contribution in [0.3, 0.4) is 0 Å². The van der Waals surface area contributed by atoms with Gasteiger partial charge >= 0.3 is 39.5 Å². The number of carbonyl (C=O) groups is 4. The van der Waals surface area contributed by atoms with Gasteiger partial charge in [-0.2, -0.15) is 0 Å². The standard InChI is InChI=1S/C79H154O17P2/c1-69(2)55-47-39-31-24-18-14-11-9-10-12-16-21-28-36-45-53-61-78(83)95-74(65-89-76(81)59-51-43-35-27-20-17-13-15-19-25-32-40-48-56-70(3)4)67-93-97(85,86)91-63-73(80)64-92-98(87,88)94-68-75(66-90-77(82)60-52-44-38-30-34-42-50-58-72(7)8)96-79(84)62-54-46-37-29-23-22-26-33-41-49-57-71(5)6/h69-75,80H,9-68H2,1-8H3,(H,85,86)(H,87,88)/t73?,74-,75-/m1/s1. The Morgan fingerprint density at radius 3 is 0.633 bits per heavy atom. The SMILES string of the molecule is CC(C)CCCCCCCCCCCCCCCCCCC(=O)O[C@H](COC(=O)CCCCCCCCCCCCCCCC(C)C)COP(=O)(O)OCC(O)COP(=O)(O)OC[C@@H](COC(=O)CCCCCCCCCC(C)C)OC(=O)CCCCCCCCCCCCC(C)C. The van der Waals surface area contributed by atoms with Crippen LogP contribution in [0, 0.1) is 23.7 Å². The van der Waals surface area contributed by atoms with Crippen molar-refractivity contribution >= 4 is 39.5 Å². The molecule has 0 saturated carbocycles. The third-order valence-electron chi connectivity index (χ3n) is 18.3. The predicted octanol–water partition coefficient (Wildman–Crippen LogP) is 23.2. The van der Waals surface area contributed by atoms with Gasteiger partial charge in [-0.15, -0.1) is 0 Å². The average Bonchev–Trinajstić information content (AvgIpc) is 1.06. The van der Waals surface area contributed by atoms with Crippen molar-refractivity contribution in [3.8, 4) is 0 Å². The molecule has 0 bridgehead atoms. The Kier molecular flexibility index (Phi) is 66.8. The van der Waals surface area contributed by atoms with E-state index >= 15 is 0 Å². The van der Waals surface area contributed by atoms with Crippen molar-refractivity contribution < 1.29 is 80.2 Å². The van der Waals surface area contributed by atoms with Crippen LogP contribution in [0.5, 0.6) is 0 Å². The lowest BCUT2D eigenvalue weighted by Gasteiger charge is -2.21. The summed E-state index contributed by atoms with van der Waals surface area (Å²) in [5, 5.41) is 10.6. The quantitative estimate of drug-likeness (QED) is 0.0222. The van der Waals surface area contributed by atoms with Crippen LogP contribution in [0.1, 0.15) is 402 Å². The number of hydrogen-bond donors (Lipinski definition) is 3. The van der Waals surface area contributed by atoms with E-state index in [-0.39, 0.29) is 25.7 Å². The number of hydrogen-bond acceptors (Lipinski definition) is 15. The fourth-order valence-corrected chi connectivity index (χ4v) is 13.7. The maximum Gasteiger partial charge on any atom is 0.472 e. The fourth-order valence-electron chi connectivity index (χ4n) is 12.1. The molecule has 3 N–H and O–H groups in total. The Labute approximate surface area is 600 Å². The van der Waals surface area contributed by atoms with E-state index in [1.54, 1.807) is 0 Å². The molecule has 17 nitrogen and oxygen atoms in total. The molecule has 5 atom stereocenters. The fraction of sp³-hybridized carbons (Fsp3) is 0.949. The Hall–Kier alpha value is -1.94. The molecule has 0 radical (unpaired) electrons. The van der Waals surface area contributed by atoms with Crippen molar-refractivity contribution in [3.63, 3.8) is 0 Å². The molecule has 3 unspecified atom stereocenters. The number of carbonyl (C=O) groups excluding carboxylic acids is 4. The van der Waals surface area contributed by atoms with Gasteiger partial charge in [0.05, 0.1) is 26.4 Å². The number of esters is 4. The normalized spacial score (nSPS) is 14.1. The maximum atomic E-state index is 13.1. The third kappa shape index (κ3) is 72.4. The second-order valence-corrected chi connectivity index (χ2v) is 33.3. The highest BCUT2D eigenvalue weighted by molar-refractivity contribution is 7.47. The van der Waals surface area contributed by atoms with Gasteiger partial charge in [0.2, 0.25) is 0 Å². The minimum atomic E-state index is -4.96. The average molecular weight is 1440 g/mol. The Bertz CT molecular complexity index is 1920. The van der Waals surface area contributed by atoms with E-state index in [2.05, 4.69) is 55.4 Å². The zero-order chi connectivity index (χ0) is 72.4. The largest absolute Gasteiger partial charge is 0.472 e. The lowest BCUT2D eigenvalue weighted by molar-refractivity contribution is -0.161. The monoisotopic (exact) mass is 1440 g/mol. The molecular weight excluding hydrogens is 1280 g/mol. The van der Waals surface area contributed by atoms with E-state index in [0.717, 1.165) is 114 Å². The molecule has 19 heteroatoms. The first kappa shape index (κ1) is 96.1. The van der Waals surface area contributed by atoms with Gasteiger partial charge in [0, 0.05) is 25.7 Å². The molecule has 0 aromatic rings. The van der Waals surface area contributed by atoms with Crippen molar-refractivity contribution in [2.24, 2.45) is 23.7 Å². The summed E-state index contributed by atoms with van der Waals surface area (Å²) < 4.78 is 68.6. The van der Waals surface area contributed by atoms with Gasteiger partial charge in [0.15, 0.2) is 12.2 Å². The number of rotatable bonds is 76. The van der Waals surface area contributed by atoms with E-state index in [1.807, 2.05) is 0 Å². The molecule has 98 heavy (non-hydrogen) atoms. The molecule has 0 aliphatic carbocycles. The summed E-state index contributed by atoms with van der Waals surface area (Å²) >= 11 is 0. The van der Waals surface area contributed by atoms with Gasteiger partial charge < -0.3 is 33.8 Å². The number of aliphatic hydroxyl groups is 1. The van der Waals surface area contributed by atoms with Crippen LogP contribution in [0.4, 0.5) is 0 Å². The minimum absolute atomic E-state index is 0.105. The molecule has 0 aliphatic heterocycles. The molecule has 0 spiro atoms. The van der Waals surface area contributed by atoms with Crippen LogP contribution in [-0.4, -0.2) is 96.7 Å². The van der Waals surface area contributed by atoms with Crippen LogP contribution >= 0.6 is 15.6 Å². The predicted molar refractivity (Wildman–Crippen MR) is 400 cm³/mol. The molecule has 0 fully saturated rings. The lowest BCUT2D eigenvalue weighted by atomic mass is 10.0. The first-order valence-electron chi connectivity index (χ1n) is 40.7. The number of ether oxygens (including phenoxy) is 4. The van der Waals surface area contributed by atoms with Crippen LogP contribution in [-0.2, 0) is 65.4 Å². The second kappa shape index (κ2) is 68.2. The summed E-state index contributed by atoms with van der Waals surface area (Å²) in [5.41, 5.74) is 0. The number of aliphatic hydroxyl groups excluding tert-OH is 1. The molecule has 0 aromatic carbocycles. The number of unbranched alkanes of at least 4 members (excludes halogenated alkanes) is 42. The van der Waals surface area contributed by atoms with Gasteiger partial charge in [-0.05, 0) is 49.4 Å². The van der Waals surface area contributed by atoms with Gasteiger partial charge in [0.25, 0.3) is 0 Å². The van der Waals surface area contributed by atoms with E-state index < -0.39 is 97.5 Å². The summed E-state index contributed by atoms with van der Waals surface area (Å²) in [6, 6.07) is 0. The molecule has 582 valence electrons. The number of phosphoric acid groups is 2. The van der Waals surface area contributed by atoms with Crippen molar-refractivity contribution in [2.45, 2.75) is 420 Å². The molecule has 0 aliphatic rings. The molecule has 0 amide bonds. The summed E-state index contributed by atoms with van der Waals surface area (Å²) in [4.78, 5) is 72.9. The third-order valence-corrected chi connectivity index (χ3v) is 20.2. The first-order valence-corrected chi connectivity index (χ1v) is 43.7. The highest BCUT2D eigenvalue weighted by Gasteiger charge is 2.30. The second-order valence-electron chi connectivity index (χ2n) is 30.4. The molecular formula is C79H154O17P2. The highest BCUT2D eigenvalue weighted by atomic mass is 31.2. The zero-order valence-corrected chi connectivity index (χ0v) is 66.2. The molecule has 0 aromatic heterocycles. The van der Waals surface area contributed by atoms with Gasteiger partial charge in [-0.1, -0.05) is 351 Å². The molecule has 0 saturated heterocycles.